The summed E-state index contributed by atoms with van der Waals surface area (Å²) in [7, 11) is 0. The summed E-state index contributed by atoms with van der Waals surface area (Å²) in [6.45, 7) is 7.89. The Morgan fingerprint density at radius 3 is 2.67 bits per heavy atom. The third kappa shape index (κ3) is 3.17. The first-order valence-corrected chi connectivity index (χ1v) is 7.73. The minimum atomic E-state index is 0.761. The van der Waals surface area contributed by atoms with E-state index in [0.717, 1.165) is 42.8 Å². The van der Waals surface area contributed by atoms with E-state index < -0.39 is 0 Å². The average molecular weight is 284 g/mol. The third-order valence-corrected chi connectivity index (χ3v) is 4.28. The van der Waals surface area contributed by atoms with Crippen LogP contribution in [0.1, 0.15) is 25.8 Å². The highest BCUT2D eigenvalue weighted by Gasteiger charge is 2.22. The number of nitrogens with zero attached hydrogens (tertiary/aromatic N) is 2. The minimum absolute atomic E-state index is 0.761. The molecular formula is C17H24N4. The lowest BCUT2D eigenvalue weighted by molar-refractivity contribution is 0.134. The molecule has 2 atom stereocenters. The molecule has 0 radical (unpaired) electrons. The smallest absolute Gasteiger partial charge is 0.145 e. The maximum absolute atomic E-state index is 5.67. The van der Waals surface area contributed by atoms with E-state index in [1.165, 1.54) is 17.4 Å². The molecule has 3 rings (SSSR count). The van der Waals surface area contributed by atoms with Crippen LogP contribution in [0.2, 0.25) is 0 Å². The predicted octanol–water partition coefficient (Wildman–Crippen LogP) is 3.00. The number of nitrogen functional groups attached to an aromatic ring is 1. The highest BCUT2D eigenvalue weighted by molar-refractivity contribution is 5.81. The second kappa shape index (κ2) is 6.00. The minimum Gasteiger partial charge on any atom is -0.308 e. The highest BCUT2D eigenvalue weighted by Crippen LogP contribution is 2.26. The van der Waals surface area contributed by atoms with Crippen LogP contribution in [0.25, 0.3) is 10.9 Å². The summed E-state index contributed by atoms with van der Waals surface area (Å²) in [6.07, 6.45) is 1.33. The molecule has 0 amide bonds. The molecule has 112 valence electrons. The molecule has 1 saturated heterocycles. The summed E-state index contributed by atoms with van der Waals surface area (Å²) in [4.78, 5) is 7.15. The van der Waals surface area contributed by atoms with Gasteiger partial charge < -0.3 is 5.43 Å². The Labute approximate surface area is 126 Å². The van der Waals surface area contributed by atoms with Crippen LogP contribution in [0, 0.1) is 11.8 Å². The zero-order valence-corrected chi connectivity index (χ0v) is 12.8. The molecule has 1 aliphatic rings. The van der Waals surface area contributed by atoms with E-state index in [-0.39, 0.29) is 0 Å². The number of anilines is 1. The molecule has 0 spiro atoms. The normalized spacial score (nSPS) is 23.4. The van der Waals surface area contributed by atoms with Crippen LogP contribution >= 0.6 is 0 Å². The van der Waals surface area contributed by atoms with E-state index in [1.807, 2.05) is 18.2 Å². The van der Waals surface area contributed by atoms with Crippen molar-refractivity contribution in [3.8, 4) is 0 Å². The molecule has 3 N–H and O–H groups in total. The number of nitrogens with one attached hydrogen (secondary N) is 1. The number of para-hydroxylation sites is 1. The summed E-state index contributed by atoms with van der Waals surface area (Å²) in [5, 5.41) is 1.17. The Kier molecular flexibility index (Phi) is 4.08. The van der Waals surface area contributed by atoms with Gasteiger partial charge in [-0.3, -0.25) is 4.90 Å². The summed E-state index contributed by atoms with van der Waals surface area (Å²) >= 11 is 0. The first-order valence-electron chi connectivity index (χ1n) is 7.73. The van der Waals surface area contributed by atoms with Crippen molar-refractivity contribution in [3.63, 3.8) is 0 Å². The van der Waals surface area contributed by atoms with Crippen molar-refractivity contribution in [2.24, 2.45) is 17.7 Å². The fourth-order valence-electron chi connectivity index (χ4n) is 3.57. The largest absolute Gasteiger partial charge is 0.308 e. The van der Waals surface area contributed by atoms with Gasteiger partial charge in [0.15, 0.2) is 0 Å². The number of nitrogens with two attached hydrogens (primary N) is 1. The molecule has 0 aliphatic carbocycles. The first-order chi connectivity index (χ1) is 10.2. The lowest BCUT2D eigenvalue weighted by atomic mass is 9.91. The zero-order chi connectivity index (χ0) is 14.8. The Morgan fingerprint density at radius 2 is 1.95 bits per heavy atom. The monoisotopic (exact) mass is 284 g/mol. The van der Waals surface area contributed by atoms with Crippen molar-refractivity contribution in [1.82, 2.24) is 9.88 Å². The number of hydrazine groups is 1. The first kappa shape index (κ1) is 14.3. The van der Waals surface area contributed by atoms with E-state index >= 15 is 0 Å². The van der Waals surface area contributed by atoms with Crippen LogP contribution in [-0.2, 0) is 6.54 Å². The molecule has 2 unspecified atom stereocenters. The van der Waals surface area contributed by atoms with Crippen LogP contribution < -0.4 is 11.3 Å². The molecule has 2 aromatic rings. The van der Waals surface area contributed by atoms with Crippen molar-refractivity contribution in [1.29, 1.82) is 0 Å². The standard InChI is InChI=1S/C17H24N4/c1-12-7-13(2)10-21(9-12)11-15-8-14-5-3-4-6-16(14)19-17(15)20-18/h3-6,8,12-13H,7,9-11,18H2,1-2H3,(H,19,20). The van der Waals surface area contributed by atoms with Gasteiger partial charge in [0.25, 0.3) is 0 Å². The molecule has 1 aromatic heterocycles. The number of fused-ring (bicyclic) bond motifs is 1. The SMILES string of the molecule is CC1CC(C)CN(Cc2cc3ccccc3nc2NN)C1. The summed E-state index contributed by atoms with van der Waals surface area (Å²) in [6, 6.07) is 10.4. The lowest BCUT2D eigenvalue weighted by Crippen LogP contribution is -2.38. The van der Waals surface area contributed by atoms with Crippen molar-refractivity contribution < 1.29 is 0 Å². The fourth-order valence-corrected chi connectivity index (χ4v) is 3.57. The number of likely N-dealkylation sites (tertiary alicyclic amines) is 1. The predicted molar refractivity (Wildman–Crippen MR) is 87.8 cm³/mol. The van der Waals surface area contributed by atoms with Gasteiger partial charge in [-0.15, -0.1) is 0 Å². The molecule has 4 nitrogen and oxygen atoms in total. The van der Waals surface area contributed by atoms with Gasteiger partial charge in [-0.2, -0.15) is 0 Å². The maximum atomic E-state index is 5.67. The van der Waals surface area contributed by atoms with Gasteiger partial charge in [0.1, 0.15) is 5.82 Å². The number of piperidine rings is 1. The number of rotatable bonds is 3. The Morgan fingerprint density at radius 1 is 1.24 bits per heavy atom. The molecular weight excluding hydrogens is 260 g/mol. The van der Waals surface area contributed by atoms with Crippen molar-refractivity contribution in [3.05, 3.63) is 35.9 Å². The van der Waals surface area contributed by atoms with Gasteiger partial charge in [0.05, 0.1) is 5.52 Å². The van der Waals surface area contributed by atoms with Gasteiger partial charge in [-0.25, -0.2) is 10.8 Å². The van der Waals surface area contributed by atoms with Gasteiger partial charge in [-0.1, -0.05) is 32.0 Å². The number of hydrogen-bond donors (Lipinski definition) is 2. The fraction of sp³-hybridized carbons (Fsp3) is 0.471. The molecule has 2 heterocycles. The van der Waals surface area contributed by atoms with Crippen molar-refractivity contribution >= 4 is 16.7 Å². The van der Waals surface area contributed by atoms with Crippen LogP contribution in [-0.4, -0.2) is 23.0 Å². The number of pyridine rings is 1. The van der Waals surface area contributed by atoms with Crippen LogP contribution in [0.4, 0.5) is 5.82 Å². The molecule has 21 heavy (non-hydrogen) atoms. The highest BCUT2D eigenvalue weighted by atomic mass is 15.3. The van der Waals surface area contributed by atoms with E-state index in [1.54, 1.807) is 0 Å². The summed E-state index contributed by atoms with van der Waals surface area (Å²) in [5.41, 5.74) is 4.92. The van der Waals surface area contributed by atoms with Crippen LogP contribution in [0.5, 0.6) is 0 Å². The van der Waals surface area contributed by atoms with Gasteiger partial charge in [0, 0.05) is 30.6 Å². The van der Waals surface area contributed by atoms with Gasteiger partial charge in [-0.05, 0) is 30.4 Å². The Hall–Kier alpha value is -1.65. The van der Waals surface area contributed by atoms with Crippen LogP contribution in [0.15, 0.2) is 30.3 Å². The molecule has 1 aliphatic heterocycles. The van der Waals surface area contributed by atoms with Crippen LogP contribution in [0.3, 0.4) is 0 Å². The molecule has 0 saturated carbocycles. The Bertz CT molecular complexity index is 615. The third-order valence-electron chi connectivity index (χ3n) is 4.28. The number of aromatic nitrogens is 1. The van der Waals surface area contributed by atoms with Gasteiger partial charge in [0.2, 0.25) is 0 Å². The average Bonchev–Trinajstić information content (AvgIpc) is 2.45. The molecule has 0 bridgehead atoms. The lowest BCUT2D eigenvalue weighted by Gasteiger charge is -2.35. The molecule has 4 heteroatoms. The second-order valence-electron chi connectivity index (χ2n) is 6.47. The zero-order valence-electron chi connectivity index (χ0n) is 12.8. The van der Waals surface area contributed by atoms with E-state index in [4.69, 9.17) is 5.84 Å². The Balaban J connectivity index is 1.88. The number of benzene rings is 1. The van der Waals surface area contributed by atoms with E-state index in [0.29, 0.717) is 0 Å². The summed E-state index contributed by atoms with van der Waals surface area (Å²) in [5.74, 6) is 7.98. The quantitative estimate of drug-likeness (QED) is 0.672. The van der Waals surface area contributed by atoms with Crippen molar-refractivity contribution in [2.45, 2.75) is 26.8 Å². The molecule has 1 fully saturated rings. The van der Waals surface area contributed by atoms with Crippen molar-refractivity contribution in [2.75, 3.05) is 18.5 Å². The number of hydrogen-bond acceptors (Lipinski definition) is 4. The van der Waals surface area contributed by atoms with Gasteiger partial charge >= 0.3 is 0 Å². The summed E-state index contributed by atoms with van der Waals surface area (Å²) < 4.78 is 0. The second-order valence-corrected chi connectivity index (χ2v) is 6.47. The maximum Gasteiger partial charge on any atom is 0.145 e. The topological polar surface area (TPSA) is 54.2 Å². The van der Waals surface area contributed by atoms with E-state index in [9.17, 15) is 0 Å². The molecule has 1 aromatic carbocycles. The van der Waals surface area contributed by atoms with E-state index in [2.05, 4.69) is 41.3 Å².